The highest BCUT2D eigenvalue weighted by atomic mass is 28.4. The molecule has 1 aliphatic rings. The maximum Gasteiger partial charge on any atom is 0.227 e. The van der Waals surface area contributed by atoms with Gasteiger partial charge in [-0.25, -0.2) is 0 Å². The fourth-order valence-electron chi connectivity index (χ4n) is 2.03. The number of hydrogen-bond donors (Lipinski definition) is 0. The average molecular weight is 206 g/mol. The van der Waals surface area contributed by atoms with E-state index in [1.54, 1.807) is 0 Å². The quantitative estimate of drug-likeness (QED) is 0.593. The maximum atomic E-state index is 6.11. The van der Waals surface area contributed by atoms with Crippen LogP contribution in [0.4, 0.5) is 0 Å². The fraction of sp³-hybridized carbons (Fsp3) is 0.500. The Kier molecular flexibility index (Phi) is 2.09. The summed E-state index contributed by atoms with van der Waals surface area (Å²) in [5, 5.41) is 1.77. The van der Waals surface area contributed by atoms with Gasteiger partial charge < -0.3 is 4.43 Å². The summed E-state index contributed by atoms with van der Waals surface area (Å²) in [7, 11) is -1.71. The zero-order valence-electron chi connectivity index (χ0n) is 9.42. The third kappa shape index (κ3) is 1.25. The van der Waals surface area contributed by atoms with Crippen molar-refractivity contribution in [2.24, 2.45) is 0 Å². The van der Waals surface area contributed by atoms with Gasteiger partial charge in [-0.1, -0.05) is 45.0 Å². The highest BCUT2D eigenvalue weighted by molar-refractivity contribution is 6.88. The minimum atomic E-state index is -1.71. The molecule has 2 heteroatoms. The molecule has 0 N–H and O–H groups in total. The molecule has 0 radical (unpaired) electrons. The van der Waals surface area contributed by atoms with Crippen molar-refractivity contribution in [2.45, 2.75) is 39.0 Å². The van der Waals surface area contributed by atoms with Crippen molar-refractivity contribution in [1.29, 1.82) is 0 Å². The predicted molar refractivity (Wildman–Crippen MR) is 62.2 cm³/mol. The molecule has 0 unspecified atom stereocenters. The molecule has 0 amide bonds. The lowest BCUT2D eigenvalue weighted by molar-refractivity contribution is 0.298. The molecule has 1 aromatic carbocycles. The van der Waals surface area contributed by atoms with Gasteiger partial charge in [-0.05, 0) is 22.3 Å². The van der Waals surface area contributed by atoms with Crippen molar-refractivity contribution >= 4 is 13.5 Å². The molecule has 1 atom stereocenters. The molecule has 1 aromatic rings. The van der Waals surface area contributed by atoms with Crippen LogP contribution in [0.1, 0.15) is 26.3 Å². The van der Waals surface area contributed by atoms with Crippen molar-refractivity contribution in [3.8, 4) is 0 Å². The van der Waals surface area contributed by atoms with E-state index in [9.17, 15) is 0 Å². The van der Waals surface area contributed by atoms with Gasteiger partial charge in [0.1, 0.15) is 0 Å². The number of hydrogen-bond acceptors (Lipinski definition) is 1. The van der Waals surface area contributed by atoms with Crippen molar-refractivity contribution in [3.63, 3.8) is 0 Å². The molecule has 0 aliphatic carbocycles. The Bertz CT molecular complexity index is 354. The first-order valence-electron chi connectivity index (χ1n) is 5.17. The molecular weight excluding hydrogens is 188 g/mol. The van der Waals surface area contributed by atoms with E-state index in [0.717, 1.165) is 6.61 Å². The Hall–Kier alpha value is -0.603. The summed E-state index contributed by atoms with van der Waals surface area (Å²) in [5.74, 6) is 0. The molecule has 0 saturated heterocycles. The summed E-state index contributed by atoms with van der Waals surface area (Å²) in [5.41, 5.74) is 1.40. The van der Waals surface area contributed by atoms with Crippen LogP contribution in [-0.2, 0) is 11.0 Å². The van der Waals surface area contributed by atoms with Crippen LogP contribution in [0, 0.1) is 0 Å². The van der Waals surface area contributed by atoms with Gasteiger partial charge >= 0.3 is 0 Å². The molecule has 1 nitrogen and oxygen atoms in total. The maximum absolute atomic E-state index is 6.11. The lowest BCUT2D eigenvalue weighted by atomic mass is 10.2. The zero-order valence-corrected chi connectivity index (χ0v) is 10.4. The van der Waals surface area contributed by atoms with Gasteiger partial charge in [0.25, 0.3) is 0 Å². The lowest BCUT2D eigenvalue weighted by Gasteiger charge is -2.35. The summed E-state index contributed by atoms with van der Waals surface area (Å²) >= 11 is 0. The first-order valence-corrected chi connectivity index (χ1v) is 7.58. The monoisotopic (exact) mass is 206 g/mol. The first-order chi connectivity index (χ1) is 6.45. The number of rotatable bonds is 0. The minimum Gasteiger partial charge on any atom is -0.408 e. The van der Waals surface area contributed by atoms with Gasteiger partial charge in [-0.3, -0.25) is 0 Å². The van der Waals surface area contributed by atoms with E-state index in [1.807, 2.05) is 0 Å². The van der Waals surface area contributed by atoms with E-state index in [0.29, 0.717) is 0 Å². The number of fused-ring (bicyclic) bond motifs is 1. The van der Waals surface area contributed by atoms with E-state index in [4.69, 9.17) is 4.43 Å². The molecule has 0 saturated carbocycles. The summed E-state index contributed by atoms with van der Waals surface area (Å²) in [6.07, 6.45) is 0. The molecule has 76 valence electrons. The Balaban J connectivity index is 2.53. The molecule has 0 fully saturated rings. The highest BCUT2D eigenvalue weighted by Gasteiger charge is 2.48. The van der Waals surface area contributed by atoms with E-state index in [1.165, 1.54) is 10.8 Å². The van der Waals surface area contributed by atoms with Crippen LogP contribution < -0.4 is 5.19 Å². The van der Waals surface area contributed by atoms with Gasteiger partial charge in [-0.2, -0.15) is 0 Å². The van der Waals surface area contributed by atoms with E-state index >= 15 is 0 Å². The van der Waals surface area contributed by atoms with Crippen LogP contribution in [0.3, 0.4) is 0 Å². The van der Waals surface area contributed by atoms with Gasteiger partial charge in [-0.15, -0.1) is 0 Å². The van der Waals surface area contributed by atoms with Crippen molar-refractivity contribution < 1.29 is 4.43 Å². The highest BCUT2D eigenvalue weighted by Crippen LogP contribution is 2.40. The van der Waals surface area contributed by atoms with Crippen molar-refractivity contribution in [1.82, 2.24) is 0 Å². The molecule has 14 heavy (non-hydrogen) atoms. The zero-order chi connectivity index (χ0) is 10.4. The van der Waals surface area contributed by atoms with Gasteiger partial charge in [0.05, 0.1) is 6.61 Å². The summed E-state index contributed by atoms with van der Waals surface area (Å²) in [6.45, 7) is 10.0. The third-order valence-electron chi connectivity index (χ3n) is 3.48. The Labute approximate surface area is 87.2 Å². The third-order valence-corrected chi connectivity index (χ3v) is 8.58. The Morgan fingerprint density at radius 2 is 1.86 bits per heavy atom. The molecule has 0 bridgehead atoms. The van der Waals surface area contributed by atoms with Crippen LogP contribution in [0.25, 0.3) is 0 Å². The molecule has 0 aromatic heterocycles. The second-order valence-corrected chi connectivity index (χ2v) is 9.62. The predicted octanol–water partition coefficient (Wildman–Crippen LogP) is 2.80. The normalized spacial score (nSPS) is 26.3. The van der Waals surface area contributed by atoms with E-state index in [-0.39, 0.29) is 5.04 Å². The second kappa shape index (κ2) is 2.94. The Morgan fingerprint density at radius 3 is 2.50 bits per heavy atom. The summed E-state index contributed by atoms with van der Waals surface area (Å²) in [6, 6.07) is 8.68. The molecular formula is C12H18OSi. The van der Waals surface area contributed by atoms with Crippen molar-refractivity contribution in [2.75, 3.05) is 0 Å². The Morgan fingerprint density at radius 1 is 1.21 bits per heavy atom. The SMILES string of the molecule is CC(C)(C)[Si@]1(C)OCc2ccccc21. The largest absolute Gasteiger partial charge is 0.408 e. The van der Waals surface area contributed by atoms with Crippen LogP contribution in [0.2, 0.25) is 11.6 Å². The van der Waals surface area contributed by atoms with Crippen LogP contribution >= 0.6 is 0 Å². The van der Waals surface area contributed by atoms with Gasteiger partial charge in [0, 0.05) is 0 Å². The van der Waals surface area contributed by atoms with Crippen LogP contribution in [-0.4, -0.2) is 8.32 Å². The fourth-order valence-corrected chi connectivity index (χ4v) is 5.06. The van der Waals surface area contributed by atoms with Crippen molar-refractivity contribution in [3.05, 3.63) is 29.8 Å². The molecule has 1 heterocycles. The lowest BCUT2D eigenvalue weighted by Crippen LogP contribution is -2.51. The summed E-state index contributed by atoms with van der Waals surface area (Å²) < 4.78 is 6.11. The first kappa shape index (κ1) is 9.93. The molecule has 0 spiro atoms. The van der Waals surface area contributed by atoms with Crippen LogP contribution in [0.5, 0.6) is 0 Å². The average Bonchev–Trinajstić information content (AvgIpc) is 2.45. The minimum absolute atomic E-state index is 0.277. The smallest absolute Gasteiger partial charge is 0.227 e. The summed E-state index contributed by atoms with van der Waals surface area (Å²) in [4.78, 5) is 0. The van der Waals surface area contributed by atoms with E-state index < -0.39 is 8.32 Å². The van der Waals surface area contributed by atoms with E-state index in [2.05, 4.69) is 51.6 Å². The molecule has 1 aliphatic heterocycles. The van der Waals surface area contributed by atoms with Gasteiger partial charge in [0.2, 0.25) is 8.32 Å². The topological polar surface area (TPSA) is 9.23 Å². The van der Waals surface area contributed by atoms with Crippen LogP contribution in [0.15, 0.2) is 24.3 Å². The second-order valence-electron chi connectivity index (χ2n) is 5.23. The van der Waals surface area contributed by atoms with Gasteiger partial charge in [0.15, 0.2) is 0 Å². The standard InChI is InChI=1S/C12H18OSi/c1-12(2,3)14(4)11-8-6-5-7-10(11)9-13-14/h5-8H,9H2,1-4H3/t14-/m1/s1. The molecule has 2 rings (SSSR count). The number of benzene rings is 1.